The lowest BCUT2D eigenvalue weighted by Crippen LogP contribution is -2.15. The number of rotatable bonds is 3. The third-order valence-electron chi connectivity index (χ3n) is 2.84. The van der Waals surface area contributed by atoms with Crippen molar-refractivity contribution in [2.75, 3.05) is 5.43 Å². The molecule has 0 aliphatic heterocycles. The molecule has 0 unspecified atom stereocenters. The lowest BCUT2D eigenvalue weighted by molar-refractivity contribution is 1.01. The number of aryl methyl sites for hydroxylation is 1. The van der Waals surface area contributed by atoms with E-state index in [4.69, 9.17) is 34.8 Å². The van der Waals surface area contributed by atoms with Gasteiger partial charge in [0.15, 0.2) is 0 Å². The van der Waals surface area contributed by atoms with E-state index < -0.39 is 0 Å². The molecule has 0 fully saturated rings. The molecule has 0 saturated heterocycles. The van der Waals surface area contributed by atoms with Crippen LogP contribution in [0.1, 0.15) is 16.8 Å². The number of halogens is 3. The number of benzene rings is 1. The molecule has 8 heteroatoms. The summed E-state index contributed by atoms with van der Waals surface area (Å²) in [6.07, 6.45) is 1.41. The Morgan fingerprint density at radius 1 is 1.24 bits per heavy atom. The Kier molecular flexibility index (Phi) is 4.88. The van der Waals surface area contributed by atoms with Gasteiger partial charge in [-0.05, 0) is 26.0 Å². The molecule has 1 aromatic carbocycles. The lowest BCUT2D eigenvalue weighted by atomic mass is 10.2. The van der Waals surface area contributed by atoms with Crippen LogP contribution in [-0.2, 0) is 0 Å². The first-order valence-electron chi connectivity index (χ1n) is 5.90. The lowest BCUT2D eigenvalue weighted by Gasteiger charge is -2.04. The van der Waals surface area contributed by atoms with E-state index in [-0.39, 0.29) is 11.5 Å². The highest BCUT2D eigenvalue weighted by molar-refractivity contribution is 6.45. The fourth-order valence-electron chi connectivity index (χ4n) is 1.52. The van der Waals surface area contributed by atoms with Gasteiger partial charge in [0.2, 0.25) is 5.95 Å². The van der Waals surface area contributed by atoms with Crippen molar-refractivity contribution in [3.63, 3.8) is 0 Å². The zero-order chi connectivity index (χ0) is 15.6. The highest BCUT2D eigenvalue weighted by Crippen LogP contribution is 2.29. The van der Waals surface area contributed by atoms with Crippen LogP contribution >= 0.6 is 34.8 Å². The summed E-state index contributed by atoms with van der Waals surface area (Å²) in [5, 5.41) is 5.04. The molecule has 0 bridgehead atoms. The molecular weight excluding hydrogens is 335 g/mol. The topological polar surface area (TPSA) is 70.1 Å². The molecule has 2 N–H and O–H groups in total. The number of nitrogens with zero attached hydrogens (tertiary/aromatic N) is 2. The largest absolute Gasteiger partial charge is 0.291 e. The number of hydrazone groups is 1. The minimum atomic E-state index is -0.223. The van der Waals surface area contributed by atoms with Crippen LogP contribution in [0.25, 0.3) is 0 Å². The number of aromatic nitrogens is 2. The van der Waals surface area contributed by atoms with Gasteiger partial charge in [0.05, 0.1) is 21.3 Å². The second-order valence-electron chi connectivity index (χ2n) is 4.25. The standard InChI is InChI=1S/C13H11Cl3N4O/c1-6-7(2)18-13(19-12(6)21)20-17-5-8-9(14)3-4-10(15)11(8)16/h3-5H,1-2H3,(H2,18,19,20,21)/b17-5+. The molecule has 21 heavy (non-hydrogen) atoms. The van der Waals surface area contributed by atoms with Crippen LogP contribution in [0.5, 0.6) is 0 Å². The molecule has 110 valence electrons. The summed E-state index contributed by atoms with van der Waals surface area (Å²) in [5.41, 5.74) is 4.05. The quantitative estimate of drug-likeness (QED) is 0.505. The molecule has 0 aliphatic carbocycles. The van der Waals surface area contributed by atoms with Crippen molar-refractivity contribution in [1.82, 2.24) is 9.97 Å². The molecular formula is C13H11Cl3N4O. The van der Waals surface area contributed by atoms with Crippen molar-refractivity contribution >= 4 is 47.0 Å². The Balaban J connectivity index is 2.25. The van der Waals surface area contributed by atoms with Crippen LogP contribution < -0.4 is 11.0 Å². The maximum Gasteiger partial charge on any atom is 0.255 e. The van der Waals surface area contributed by atoms with Crippen molar-refractivity contribution in [1.29, 1.82) is 0 Å². The smallest absolute Gasteiger partial charge is 0.255 e. The van der Waals surface area contributed by atoms with E-state index in [0.29, 0.717) is 31.9 Å². The monoisotopic (exact) mass is 344 g/mol. The van der Waals surface area contributed by atoms with E-state index >= 15 is 0 Å². The van der Waals surface area contributed by atoms with Crippen LogP contribution in [0.2, 0.25) is 15.1 Å². The van der Waals surface area contributed by atoms with Gasteiger partial charge in [-0.2, -0.15) is 5.10 Å². The number of aromatic amines is 1. The molecule has 0 aliphatic rings. The molecule has 0 amide bonds. The van der Waals surface area contributed by atoms with Crippen molar-refractivity contribution in [3.05, 3.63) is 54.4 Å². The molecule has 2 rings (SSSR count). The summed E-state index contributed by atoms with van der Waals surface area (Å²) in [4.78, 5) is 18.3. The fraction of sp³-hybridized carbons (Fsp3) is 0.154. The highest BCUT2D eigenvalue weighted by Gasteiger charge is 2.07. The Bertz CT molecular complexity index is 771. The minimum Gasteiger partial charge on any atom is -0.291 e. The van der Waals surface area contributed by atoms with Gasteiger partial charge in [-0.1, -0.05) is 34.8 Å². The second-order valence-corrected chi connectivity index (χ2v) is 5.44. The van der Waals surface area contributed by atoms with Gasteiger partial charge < -0.3 is 0 Å². The predicted molar refractivity (Wildman–Crippen MR) is 87.0 cm³/mol. The van der Waals surface area contributed by atoms with E-state index in [1.54, 1.807) is 26.0 Å². The van der Waals surface area contributed by atoms with Crippen LogP contribution in [0, 0.1) is 13.8 Å². The van der Waals surface area contributed by atoms with Crippen LogP contribution in [0.3, 0.4) is 0 Å². The van der Waals surface area contributed by atoms with E-state index in [0.717, 1.165) is 0 Å². The molecule has 1 aromatic heterocycles. The Morgan fingerprint density at radius 2 is 1.90 bits per heavy atom. The molecule has 1 heterocycles. The molecule has 2 aromatic rings. The van der Waals surface area contributed by atoms with Crippen molar-refractivity contribution in [3.8, 4) is 0 Å². The van der Waals surface area contributed by atoms with Crippen LogP contribution in [0.15, 0.2) is 22.0 Å². The Labute approximate surface area is 136 Å². The van der Waals surface area contributed by atoms with Gasteiger partial charge in [-0.15, -0.1) is 0 Å². The zero-order valence-electron chi connectivity index (χ0n) is 11.2. The van der Waals surface area contributed by atoms with Crippen molar-refractivity contribution < 1.29 is 0 Å². The third-order valence-corrected chi connectivity index (χ3v) is 3.99. The number of anilines is 1. The molecule has 0 radical (unpaired) electrons. The summed E-state index contributed by atoms with van der Waals surface area (Å²) >= 11 is 18.0. The summed E-state index contributed by atoms with van der Waals surface area (Å²) in [5.74, 6) is 0.230. The normalized spacial score (nSPS) is 11.1. The highest BCUT2D eigenvalue weighted by atomic mass is 35.5. The van der Waals surface area contributed by atoms with Gasteiger partial charge in [0.1, 0.15) is 0 Å². The minimum absolute atomic E-state index is 0.223. The average Bonchev–Trinajstić information content (AvgIpc) is 2.44. The Morgan fingerprint density at radius 3 is 2.57 bits per heavy atom. The van der Waals surface area contributed by atoms with Gasteiger partial charge in [0, 0.05) is 16.8 Å². The van der Waals surface area contributed by atoms with Gasteiger partial charge in [-0.25, -0.2) is 10.4 Å². The summed E-state index contributed by atoms with van der Waals surface area (Å²) in [7, 11) is 0. The third kappa shape index (κ3) is 3.56. The Hall–Kier alpha value is -1.56. The number of nitrogens with one attached hydrogen (secondary N) is 2. The molecule has 0 spiro atoms. The number of H-pyrrole nitrogens is 1. The van der Waals surface area contributed by atoms with Crippen molar-refractivity contribution in [2.45, 2.75) is 13.8 Å². The average molecular weight is 346 g/mol. The first-order valence-corrected chi connectivity index (χ1v) is 7.03. The van der Waals surface area contributed by atoms with Gasteiger partial charge in [0.25, 0.3) is 5.56 Å². The van der Waals surface area contributed by atoms with Gasteiger partial charge in [-0.3, -0.25) is 9.78 Å². The molecule has 5 nitrogen and oxygen atoms in total. The first-order chi connectivity index (χ1) is 9.90. The van der Waals surface area contributed by atoms with E-state index in [9.17, 15) is 4.79 Å². The van der Waals surface area contributed by atoms with Gasteiger partial charge >= 0.3 is 0 Å². The SMILES string of the molecule is Cc1nc(N/N=C/c2c(Cl)ccc(Cl)c2Cl)[nH]c(=O)c1C. The number of hydrogen-bond donors (Lipinski definition) is 2. The number of hydrogen-bond acceptors (Lipinski definition) is 4. The zero-order valence-corrected chi connectivity index (χ0v) is 13.4. The summed E-state index contributed by atoms with van der Waals surface area (Å²) in [6.45, 7) is 3.43. The molecule has 0 saturated carbocycles. The van der Waals surface area contributed by atoms with E-state index in [1.165, 1.54) is 6.21 Å². The second kappa shape index (κ2) is 6.47. The van der Waals surface area contributed by atoms with Crippen LogP contribution in [-0.4, -0.2) is 16.2 Å². The summed E-state index contributed by atoms with van der Waals surface area (Å²) < 4.78 is 0. The van der Waals surface area contributed by atoms with Crippen LogP contribution in [0.4, 0.5) is 5.95 Å². The maximum atomic E-state index is 11.6. The van der Waals surface area contributed by atoms with Crippen molar-refractivity contribution in [2.24, 2.45) is 5.10 Å². The van der Waals surface area contributed by atoms with E-state index in [2.05, 4.69) is 20.5 Å². The maximum absolute atomic E-state index is 11.6. The van der Waals surface area contributed by atoms with E-state index in [1.807, 2.05) is 0 Å². The molecule has 0 atom stereocenters. The fourth-order valence-corrected chi connectivity index (χ4v) is 2.15. The summed E-state index contributed by atoms with van der Waals surface area (Å²) in [6, 6.07) is 3.21. The predicted octanol–water partition coefficient (Wildman–Crippen LogP) is 3.79. The first kappa shape index (κ1) is 15.8.